The maximum absolute atomic E-state index is 5.90. The highest BCUT2D eigenvalue weighted by Crippen LogP contribution is 2.30. The van der Waals surface area contributed by atoms with E-state index < -0.39 is 0 Å². The van der Waals surface area contributed by atoms with E-state index in [0.717, 1.165) is 12.3 Å². The van der Waals surface area contributed by atoms with E-state index in [0.29, 0.717) is 23.5 Å². The minimum atomic E-state index is 0.308. The zero-order chi connectivity index (χ0) is 11.4. The summed E-state index contributed by atoms with van der Waals surface area (Å²) in [5.74, 6) is 6.72. The minimum Gasteiger partial charge on any atom is -0.476 e. The van der Waals surface area contributed by atoms with Crippen molar-refractivity contribution in [2.75, 3.05) is 12.0 Å². The van der Waals surface area contributed by atoms with Crippen molar-refractivity contribution in [1.82, 2.24) is 9.97 Å². The zero-order valence-corrected chi connectivity index (χ0v) is 9.70. The second-order valence-corrected chi connectivity index (χ2v) is 4.33. The lowest BCUT2D eigenvalue weighted by Crippen LogP contribution is -2.15. The summed E-state index contributed by atoms with van der Waals surface area (Å²) in [6.45, 7) is 0.644. The monoisotopic (exact) mass is 242 g/mol. The van der Waals surface area contributed by atoms with Crippen molar-refractivity contribution in [1.29, 1.82) is 0 Å². The van der Waals surface area contributed by atoms with E-state index in [9.17, 15) is 0 Å². The van der Waals surface area contributed by atoms with Gasteiger partial charge in [0, 0.05) is 0 Å². The van der Waals surface area contributed by atoms with Gasteiger partial charge in [-0.1, -0.05) is 30.9 Å². The van der Waals surface area contributed by atoms with Crippen molar-refractivity contribution in [3.05, 3.63) is 11.2 Å². The van der Waals surface area contributed by atoms with E-state index in [4.69, 9.17) is 22.2 Å². The van der Waals surface area contributed by atoms with Crippen LogP contribution < -0.4 is 16.0 Å². The molecule has 3 N–H and O–H groups in total. The summed E-state index contributed by atoms with van der Waals surface area (Å²) in [6.07, 6.45) is 6.52. The summed E-state index contributed by atoms with van der Waals surface area (Å²) in [5.41, 5.74) is 2.36. The van der Waals surface area contributed by atoms with E-state index >= 15 is 0 Å². The molecule has 2 rings (SSSR count). The number of ether oxygens (including phenoxy) is 1. The Bertz CT molecular complexity index is 357. The molecule has 0 bridgehead atoms. The number of halogens is 1. The Kier molecular flexibility index (Phi) is 3.79. The molecule has 5 nitrogen and oxygen atoms in total. The van der Waals surface area contributed by atoms with E-state index in [1.807, 2.05) is 0 Å². The molecule has 16 heavy (non-hydrogen) atoms. The fraction of sp³-hybridized carbons (Fsp3) is 0.600. The predicted octanol–water partition coefficient (Wildman–Crippen LogP) is 1.98. The third kappa shape index (κ3) is 2.74. The first-order chi connectivity index (χ1) is 7.79. The molecule has 0 spiro atoms. The Balaban J connectivity index is 1.86. The molecule has 1 aliphatic rings. The molecule has 88 valence electrons. The van der Waals surface area contributed by atoms with Crippen LogP contribution in [0, 0.1) is 5.92 Å². The van der Waals surface area contributed by atoms with Gasteiger partial charge in [0.15, 0.2) is 0 Å². The van der Waals surface area contributed by atoms with Crippen LogP contribution in [0.3, 0.4) is 0 Å². The zero-order valence-electron chi connectivity index (χ0n) is 8.95. The molecular weight excluding hydrogens is 228 g/mol. The Labute approximate surface area is 99.3 Å². The largest absolute Gasteiger partial charge is 0.476 e. The van der Waals surface area contributed by atoms with Crippen LogP contribution in [-0.2, 0) is 0 Å². The highest BCUT2D eigenvalue weighted by molar-refractivity contribution is 6.31. The van der Waals surface area contributed by atoms with E-state index in [2.05, 4.69) is 15.4 Å². The minimum absolute atomic E-state index is 0.308. The van der Waals surface area contributed by atoms with Crippen LogP contribution in [0.25, 0.3) is 0 Å². The molecular formula is C10H15ClN4O. The SMILES string of the molecule is NNc1ncc(Cl)c(OCCC2CCC2)n1. The summed E-state index contributed by atoms with van der Waals surface area (Å²) in [4.78, 5) is 7.90. The van der Waals surface area contributed by atoms with Crippen LogP contribution in [0.2, 0.25) is 5.02 Å². The summed E-state index contributed by atoms with van der Waals surface area (Å²) in [5, 5.41) is 0.410. The van der Waals surface area contributed by atoms with Gasteiger partial charge in [0.2, 0.25) is 11.8 Å². The van der Waals surface area contributed by atoms with Gasteiger partial charge < -0.3 is 4.74 Å². The second kappa shape index (κ2) is 5.32. The van der Waals surface area contributed by atoms with Crippen molar-refractivity contribution < 1.29 is 4.74 Å². The summed E-state index contributed by atoms with van der Waals surface area (Å²) in [7, 11) is 0. The lowest BCUT2D eigenvalue weighted by molar-refractivity contribution is 0.217. The number of nitrogens with one attached hydrogen (secondary N) is 1. The number of rotatable bonds is 5. The Morgan fingerprint density at radius 3 is 3.00 bits per heavy atom. The average Bonchev–Trinajstić information content (AvgIpc) is 2.24. The summed E-state index contributed by atoms with van der Waals surface area (Å²) in [6, 6.07) is 0. The van der Waals surface area contributed by atoms with Crippen LogP contribution in [0.15, 0.2) is 6.20 Å². The fourth-order valence-corrected chi connectivity index (χ4v) is 1.77. The summed E-state index contributed by atoms with van der Waals surface area (Å²) >= 11 is 5.90. The summed E-state index contributed by atoms with van der Waals surface area (Å²) < 4.78 is 5.51. The molecule has 1 aromatic rings. The van der Waals surface area contributed by atoms with Gasteiger partial charge in [-0.15, -0.1) is 0 Å². The van der Waals surface area contributed by atoms with Crippen LogP contribution in [0.5, 0.6) is 5.88 Å². The Morgan fingerprint density at radius 1 is 1.56 bits per heavy atom. The molecule has 0 unspecified atom stereocenters. The molecule has 1 heterocycles. The molecule has 1 aliphatic carbocycles. The average molecular weight is 243 g/mol. The number of nitrogens with two attached hydrogens (primary N) is 1. The first kappa shape index (κ1) is 11.4. The van der Waals surface area contributed by atoms with Gasteiger partial charge in [-0.3, -0.25) is 5.43 Å². The van der Waals surface area contributed by atoms with Crippen LogP contribution in [-0.4, -0.2) is 16.6 Å². The van der Waals surface area contributed by atoms with Crippen molar-refractivity contribution in [2.24, 2.45) is 11.8 Å². The van der Waals surface area contributed by atoms with Crippen LogP contribution >= 0.6 is 11.6 Å². The van der Waals surface area contributed by atoms with Crippen molar-refractivity contribution in [3.8, 4) is 5.88 Å². The number of anilines is 1. The molecule has 1 saturated carbocycles. The van der Waals surface area contributed by atoms with Gasteiger partial charge in [0.25, 0.3) is 0 Å². The maximum Gasteiger partial charge on any atom is 0.240 e. The first-order valence-electron chi connectivity index (χ1n) is 5.41. The molecule has 6 heteroatoms. The lowest BCUT2D eigenvalue weighted by Gasteiger charge is -2.24. The van der Waals surface area contributed by atoms with Gasteiger partial charge in [0.05, 0.1) is 12.8 Å². The lowest BCUT2D eigenvalue weighted by atomic mass is 9.83. The standard InChI is InChI=1S/C10H15ClN4O/c11-8-6-13-10(15-12)14-9(8)16-5-4-7-2-1-3-7/h6-7H,1-5,12H2,(H,13,14,15). The number of hydrogen-bond acceptors (Lipinski definition) is 5. The number of nitrogen functional groups attached to an aromatic ring is 1. The van der Waals surface area contributed by atoms with Crippen LogP contribution in [0.1, 0.15) is 25.7 Å². The second-order valence-electron chi connectivity index (χ2n) is 3.93. The number of nitrogens with zero attached hydrogens (tertiary/aromatic N) is 2. The molecule has 0 aromatic carbocycles. The number of hydrogen-bond donors (Lipinski definition) is 2. The van der Waals surface area contributed by atoms with Gasteiger partial charge in [-0.05, 0) is 12.3 Å². The molecule has 1 aromatic heterocycles. The maximum atomic E-state index is 5.90. The molecule has 1 fully saturated rings. The van der Waals surface area contributed by atoms with E-state index in [1.165, 1.54) is 25.5 Å². The number of hydrazine groups is 1. The van der Waals surface area contributed by atoms with E-state index in [1.54, 1.807) is 0 Å². The van der Waals surface area contributed by atoms with Crippen molar-refractivity contribution in [2.45, 2.75) is 25.7 Å². The molecule has 0 atom stereocenters. The van der Waals surface area contributed by atoms with Crippen molar-refractivity contribution >= 4 is 17.5 Å². The molecule has 0 radical (unpaired) electrons. The van der Waals surface area contributed by atoms with Gasteiger partial charge in [0.1, 0.15) is 5.02 Å². The molecule has 0 aliphatic heterocycles. The number of aromatic nitrogens is 2. The quantitative estimate of drug-likeness (QED) is 0.610. The van der Waals surface area contributed by atoms with Gasteiger partial charge in [-0.25, -0.2) is 10.8 Å². The van der Waals surface area contributed by atoms with Gasteiger partial charge >= 0.3 is 0 Å². The van der Waals surface area contributed by atoms with E-state index in [-0.39, 0.29) is 0 Å². The fourth-order valence-electron chi connectivity index (χ4n) is 1.63. The smallest absolute Gasteiger partial charge is 0.240 e. The molecule has 0 saturated heterocycles. The normalized spacial score (nSPS) is 15.6. The highest BCUT2D eigenvalue weighted by Gasteiger charge is 2.17. The highest BCUT2D eigenvalue weighted by atomic mass is 35.5. The Hall–Kier alpha value is -1.07. The van der Waals surface area contributed by atoms with Crippen LogP contribution in [0.4, 0.5) is 5.95 Å². The van der Waals surface area contributed by atoms with Crippen molar-refractivity contribution in [3.63, 3.8) is 0 Å². The van der Waals surface area contributed by atoms with Gasteiger partial charge in [-0.2, -0.15) is 4.98 Å². The topological polar surface area (TPSA) is 73.1 Å². The third-order valence-corrected chi connectivity index (χ3v) is 3.09. The Morgan fingerprint density at radius 2 is 2.38 bits per heavy atom. The molecule has 0 amide bonds. The first-order valence-corrected chi connectivity index (χ1v) is 5.79. The predicted molar refractivity (Wildman–Crippen MR) is 62.3 cm³/mol. The third-order valence-electron chi connectivity index (χ3n) is 2.83.